The van der Waals surface area contributed by atoms with Crippen molar-refractivity contribution in [3.8, 4) is 23.0 Å². The molecule has 3 rings (SSSR count). The average molecular weight is 340 g/mol. The van der Waals surface area contributed by atoms with Crippen molar-refractivity contribution in [2.75, 3.05) is 26.4 Å². The molecular formula is C20H20O5. The van der Waals surface area contributed by atoms with Crippen LogP contribution >= 0.6 is 0 Å². The summed E-state index contributed by atoms with van der Waals surface area (Å²) in [6.07, 6.45) is 0. The Kier molecular flexibility index (Phi) is 5.72. The van der Waals surface area contributed by atoms with Crippen LogP contribution in [-0.4, -0.2) is 36.6 Å². The van der Waals surface area contributed by atoms with E-state index in [1.807, 2.05) is 60.7 Å². The Balaban J connectivity index is 2.05. The zero-order valence-corrected chi connectivity index (χ0v) is 13.7. The number of hydrogen-bond donors (Lipinski definition) is 2. The summed E-state index contributed by atoms with van der Waals surface area (Å²) in [5.74, 6) is 2.43. The fourth-order valence-electron chi connectivity index (χ4n) is 2.49. The van der Waals surface area contributed by atoms with Gasteiger partial charge in [-0.2, -0.15) is 0 Å². The molecule has 0 saturated heterocycles. The van der Waals surface area contributed by atoms with Gasteiger partial charge in [0.15, 0.2) is 11.5 Å². The van der Waals surface area contributed by atoms with Crippen LogP contribution < -0.4 is 14.2 Å². The molecule has 0 saturated carbocycles. The zero-order valence-electron chi connectivity index (χ0n) is 13.7. The Hall–Kier alpha value is -2.76. The van der Waals surface area contributed by atoms with Crippen LogP contribution in [0.3, 0.4) is 0 Å². The third kappa shape index (κ3) is 4.21. The fraction of sp³-hybridized carbons (Fsp3) is 0.200. The number of benzene rings is 3. The van der Waals surface area contributed by atoms with Gasteiger partial charge >= 0.3 is 0 Å². The lowest BCUT2D eigenvalue weighted by Crippen LogP contribution is -2.03. The smallest absolute Gasteiger partial charge is 0.177 e. The molecule has 0 aromatic heterocycles. The molecule has 0 fully saturated rings. The first-order valence-corrected chi connectivity index (χ1v) is 8.09. The minimum atomic E-state index is -0.0809. The molecule has 0 atom stereocenters. The summed E-state index contributed by atoms with van der Waals surface area (Å²) in [5.41, 5.74) is 0. The van der Waals surface area contributed by atoms with Gasteiger partial charge < -0.3 is 24.4 Å². The fourth-order valence-corrected chi connectivity index (χ4v) is 2.49. The number of rotatable bonds is 8. The van der Waals surface area contributed by atoms with Crippen molar-refractivity contribution in [2.24, 2.45) is 0 Å². The Bertz CT molecular complexity index is 812. The highest BCUT2D eigenvalue weighted by atomic mass is 16.5. The minimum Gasteiger partial charge on any atom is -0.491 e. The van der Waals surface area contributed by atoms with Gasteiger partial charge in [-0.05, 0) is 35.7 Å². The molecule has 0 amide bonds. The van der Waals surface area contributed by atoms with Gasteiger partial charge in [0.05, 0.1) is 13.2 Å². The molecule has 3 aromatic rings. The predicted molar refractivity (Wildman–Crippen MR) is 95.6 cm³/mol. The van der Waals surface area contributed by atoms with Crippen molar-refractivity contribution in [3.05, 3.63) is 60.7 Å². The van der Waals surface area contributed by atoms with Crippen molar-refractivity contribution in [2.45, 2.75) is 0 Å². The summed E-state index contributed by atoms with van der Waals surface area (Å²) >= 11 is 0. The molecule has 0 aliphatic rings. The first kappa shape index (κ1) is 17.1. The van der Waals surface area contributed by atoms with Crippen molar-refractivity contribution in [1.82, 2.24) is 0 Å². The molecule has 0 radical (unpaired) electrons. The minimum absolute atomic E-state index is 0.0505. The van der Waals surface area contributed by atoms with E-state index < -0.39 is 0 Å². The van der Waals surface area contributed by atoms with E-state index in [0.717, 1.165) is 10.8 Å². The maximum absolute atomic E-state index is 9.05. The van der Waals surface area contributed by atoms with E-state index in [9.17, 15) is 0 Å². The maximum Gasteiger partial charge on any atom is 0.177 e. The van der Waals surface area contributed by atoms with Crippen LogP contribution in [0.25, 0.3) is 10.8 Å². The molecule has 3 aromatic carbocycles. The van der Waals surface area contributed by atoms with Crippen LogP contribution in [0.4, 0.5) is 0 Å². The molecule has 25 heavy (non-hydrogen) atoms. The molecule has 0 aliphatic heterocycles. The van der Waals surface area contributed by atoms with Gasteiger partial charge in [-0.3, -0.25) is 0 Å². The largest absolute Gasteiger partial charge is 0.491 e. The van der Waals surface area contributed by atoms with Gasteiger partial charge in [-0.25, -0.2) is 0 Å². The van der Waals surface area contributed by atoms with Crippen molar-refractivity contribution >= 4 is 10.8 Å². The quantitative estimate of drug-likeness (QED) is 0.658. The summed E-state index contributed by atoms with van der Waals surface area (Å²) < 4.78 is 17.2. The normalized spacial score (nSPS) is 10.6. The van der Waals surface area contributed by atoms with Crippen LogP contribution in [0.15, 0.2) is 60.7 Å². The van der Waals surface area contributed by atoms with E-state index in [2.05, 4.69) is 0 Å². The molecule has 0 aliphatic carbocycles. The molecular weight excluding hydrogens is 320 g/mol. The molecule has 5 nitrogen and oxygen atoms in total. The average Bonchev–Trinajstić information content (AvgIpc) is 2.66. The topological polar surface area (TPSA) is 68.2 Å². The lowest BCUT2D eigenvalue weighted by Gasteiger charge is -2.15. The van der Waals surface area contributed by atoms with E-state index in [1.165, 1.54) is 0 Å². The molecule has 0 unspecified atom stereocenters. The second-order valence-corrected chi connectivity index (χ2v) is 5.34. The Labute approximate surface area is 146 Å². The highest BCUT2D eigenvalue weighted by Gasteiger charge is 2.13. The van der Waals surface area contributed by atoms with Gasteiger partial charge in [0, 0.05) is 5.39 Å². The third-order valence-electron chi connectivity index (χ3n) is 3.58. The lowest BCUT2D eigenvalue weighted by molar-refractivity contribution is 0.198. The number of hydrogen-bond acceptors (Lipinski definition) is 5. The predicted octanol–water partition coefficient (Wildman–Crippen LogP) is 3.37. The number of aliphatic hydroxyl groups is 2. The summed E-state index contributed by atoms with van der Waals surface area (Å²) in [6.45, 7) is 0.270. The maximum atomic E-state index is 9.05. The molecule has 0 spiro atoms. The standard InChI is InChI=1S/C20H20O5/c21-10-12-23-17-8-6-15-7-9-19(24-13-11-22)20(18(15)14-17)25-16-4-2-1-3-5-16/h1-9,14,21-22H,10-13H2. The van der Waals surface area contributed by atoms with Crippen LogP contribution in [0.2, 0.25) is 0 Å². The SMILES string of the molecule is OCCOc1ccc2ccc(OCCO)c(Oc3ccccc3)c2c1. The first-order chi connectivity index (χ1) is 12.3. The van der Waals surface area contributed by atoms with Crippen molar-refractivity contribution in [1.29, 1.82) is 0 Å². The second kappa shape index (κ2) is 8.37. The Morgan fingerprint density at radius 3 is 2.20 bits per heavy atom. The van der Waals surface area contributed by atoms with Crippen LogP contribution in [0.1, 0.15) is 0 Å². The van der Waals surface area contributed by atoms with Crippen LogP contribution in [0.5, 0.6) is 23.0 Å². The Morgan fingerprint density at radius 2 is 1.44 bits per heavy atom. The monoisotopic (exact) mass is 340 g/mol. The highest BCUT2D eigenvalue weighted by Crippen LogP contribution is 2.40. The van der Waals surface area contributed by atoms with E-state index >= 15 is 0 Å². The molecule has 5 heteroatoms. The third-order valence-corrected chi connectivity index (χ3v) is 3.58. The van der Waals surface area contributed by atoms with Gasteiger partial charge in [-0.1, -0.05) is 30.3 Å². The molecule has 2 N–H and O–H groups in total. The molecule has 0 bridgehead atoms. The highest BCUT2D eigenvalue weighted by molar-refractivity contribution is 5.92. The number of aliphatic hydroxyl groups excluding tert-OH is 2. The van der Waals surface area contributed by atoms with Gasteiger partial charge in [0.25, 0.3) is 0 Å². The van der Waals surface area contributed by atoms with Crippen LogP contribution in [0, 0.1) is 0 Å². The van der Waals surface area contributed by atoms with Crippen LogP contribution in [-0.2, 0) is 0 Å². The second-order valence-electron chi connectivity index (χ2n) is 5.34. The summed E-state index contributed by atoms with van der Waals surface area (Å²) in [4.78, 5) is 0. The summed E-state index contributed by atoms with van der Waals surface area (Å²) in [5, 5.41) is 19.8. The van der Waals surface area contributed by atoms with Crippen molar-refractivity contribution < 1.29 is 24.4 Å². The van der Waals surface area contributed by atoms with Gasteiger partial charge in [0.2, 0.25) is 0 Å². The van der Waals surface area contributed by atoms with Gasteiger partial charge in [0.1, 0.15) is 24.7 Å². The molecule has 130 valence electrons. The van der Waals surface area contributed by atoms with Crippen molar-refractivity contribution in [3.63, 3.8) is 0 Å². The van der Waals surface area contributed by atoms with E-state index in [1.54, 1.807) is 0 Å². The van der Waals surface area contributed by atoms with E-state index in [-0.39, 0.29) is 26.4 Å². The summed E-state index contributed by atoms with van der Waals surface area (Å²) in [7, 11) is 0. The lowest BCUT2D eigenvalue weighted by atomic mass is 10.1. The number of para-hydroxylation sites is 1. The molecule has 0 heterocycles. The van der Waals surface area contributed by atoms with E-state index in [0.29, 0.717) is 23.0 Å². The van der Waals surface area contributed by atoms with E-state index in [4.69, 9.17) is 24.4 Å². The summed E-state index contributed by atoms with van der Waals surface area (Å²) in [6, 6.07) is 18.8. The number of ether oxygens (including phenoxy) is 3. The zero-order chi connectivity index (χ0) is 17.5. The number of fused-ring (bicyclic) bond motifs is 1. The van der Waals surface area contributed by atoms with Gasteiger partial charge in [-0.15, -0.1) is 0 Å². The Morgan fingerprint density at radius 1 is 0.720 bits per heavy atom. The first-order valence-electron chi connectivity index (χ1n) is 8.09.